The third kappa shape index (κ3) is 4.94. The smallest absolute Gasteiger partial charge is 0.0175 e. The van der Waals surface area contributed by atoms with Crippen LogP contribution in [0.5, 0.6) is 0 Å². The van der Waals surface area contributed by atoms with Gasteiger partial charge in [0.15, 0.2) is 0 Å². The van der Waals surface area contributed by atoms with E-state index in [2.05, 4.69) is 130 Å². The molecule has 3 aromatic carbocycles. The maximum Gasteiger partial charge on any atom is 0.0175 e. The van der Waals surface area contributed by atoms with Crippen molar-refractivity contribution in [1.29, 1.82) is 0 Å². The van der Waals surface area contributed by atoms with E-state index in [0.29, 0.717) is 0 Å². The molecule has 1 nitrogen and oxygen atoms in total. The molecule has 0 saturated heterocycles. The van der Waals surface area contributed by atoms with Crippen molar-refractivity contribution >= 4 is 37.4 Å². The predicted octanol–water partition coefficient (Wildman–Crippen LogP) is 6.87. The van der Waals surface area contributed by atoms with Crippen molar-refractivity contribution in [2.75, 3.05) is 20.6 Å². The summed E-state index contributed by atoms with van der Waals surface area (Å²) in [5, 5.41) is 0. The van der Waals surface area contributed by atoms with E-state index in [9.17, 15) is 0 Å². The summed E-state index contributed by atoms with van der Waals surface area (Å²) in [4.78, 5) is 2.18. The van der Waals surface area contributed by atoms with Gasteiger partial charge in [-0.2, -0.15) is 0 Å². The van der Waals surface area contributed by atoms with Gasteiger partial charge in [0.1, 0.15) is 0 Å². The molecule has 132 valence electrons. The van der Waals surface area contributed by atoms with Crippen LogP contribution in [0.3, 0.4) is 0 Å². The quantitative estimate of drug-likeness (QED) is 0.393. The van der Waals surface area contributed by atoms with E-state index >= 15 is 0 Å². The van der Waals surface area contributed by atoms with Crippen LogP contribution in [-0.4, -0.2) is 25.5 Å². The van der Waals surface area contributed by atoms with Crippen LogP contribution in [0.1, 0.15) is 11.1 Å². The molecule has 0 radical (unpaired) electrons. The standard InChI is InChI=1S/C23H21Br2N/c1-26(2)16-15-23(20-9-13-22(25)14-10-20)19-5-3-17(4-6-19)18-7-11-21(24)12-8-18/h3-15H,16H2,1-2H3. The number of benzene rings is 3. The van der Waals surface area contributed by atoms with Gasteiger partial charge in [0.05, 0.1) is 0 Å². The Morgan fingerprint density at radius 1 is 0.692 bits per heavy atom. The summed E-state index contributed by atoms with van der Waals surface area (Å²) >= 11 is 7.02. The SMILES string of the molecule is CN(C)CC=C(c1ccc(Br)cc1)c1ccc(-c2ccc(Br)cc2)cc1. The maximum absolute atomic E-state index is 3.52. The Morgan fingerprint density at radius 3 is 1.54 bits per heavy atom. The molecule has 0 atom stereocenters. The van der Waals surface area contributed by atoms with E-state index in [1.165, 1.54) is 27.8 Å². The molecule has 0 spiro atoms. The average molecular weight is 471 g/mol. The number of hydrogen-bond acceptors (Lipinski definition) is 1. The van der Waals surface area contributed by atoms with Crippen LogP contribution >= 0.6 is 31.9 Å². The zero-order valence-electron chi connectivity index (χ0n) is 14.9. The molecule has 0 heterocycles. The Hall–Kier alpha value is -1.68. The van der Waals surface area contributed by atoms with E-state index < -0.39 is 0 Å². The minimum absolute atomic E-state index is 0.903. The van der Waals surface area contributed by atoms with Crippen molar-refractivity contribution in [1.82, 2.24) is 4.90 Å². The lowest BCUT2D eigenvalue weighted by Gasteiger charge is -2.13. The molecule has 26 heavy (non-hydrogen) atoms. The predicted molar refractivity (Wildman–Crippen MR) is 119 cm³/mol. The van der Waals surface area contributed by atoms with Crippen molar-refractivity contribution in [2.45, 2.75) is 0 Å². The highest BCUT2D eigenvalue weighted by atomic mass is 79.9. The van der Waals surface area contributed by atoms with Crippen molar-refractivity contribution < 1.29 is 0 Å². The molecule has 0 aliphatic heterocycles. The molecule has 0 fully saturated rings. The molecule has 0 aliphatic carbocycles. The molecule has 0 amide bonds. The van der Waals surface area contributed by atoms with Crippen LogP contribution in [-0.2, 0) is 0 Å². The topological polar surface area (TPSA) is 3.24 Å². The Labute approximate surface area is 172 Å². The van der Waals surface area contributed by atoms with Crippen molar-refractivity contribution in [3.05, 3.63) is 98.9 Å². The van der Waals surface area contributed by atoms with Gasteiger partial charge < -0.3 is 4.90 Å². The van der Waals surface area contributed by atoms with Crippen LogP contribution < -0.4 is 0 Å². The molecule has 0 N–H and O–H groups in total. The molecule has 3 heteroatoms. The second kappa shape index (κ2) is 8.81. The number of hydrogen-bond donors (Lipinski definition) is 0. The van der Waals surface area contributed by atoms with Gasteiger partial charge in [-0.25, -0.2) is 0 Å². The van der Waals surface area contributed by atoms with Crippen molar-refractivity contribution in [3.63, 3.8) is 0 Å². The summed E-state index contributed by atoms with van der Waals surface area (Å²) in [5.41, 5.74) is 6.17. The van der Waals surface area contributed by atoms with E-state index in [1.807, 2.05) is 0 Å². The lowest BCUT2D eigenvalue weighted by Crippen LogP contribution is -2.11. The summed E-state index contributed by atoms with van der Waals surface area (Å²) in [6.07, 6.45) is 2.29. The lowest BCUT2D eigenvalue weighted by molar-refractivity contribution is 0.457. The summed E-state index contributed by atoms with van der Waals surface area (Å²) < 4.78 is 2.20. The Kier molecular flexibility index (Phi) is 6.47. The molecule has 0 aromatic heterocycles. The fourth-order valence-electron chi connectivity index (χ4n) is 2.79. The van der Waals surface area contributed by atoms with Gasteiger partial charge in [0.25, 0.3) is 0 Å². The van der Waals surface area contributed by atoms with Gasteiger partial charge in [0.2, 0.25) is 0 Å². The zero-order chi connectivity index (χ0) is 18.5. The van der Waals surface area contributed by atoms with Gasteiger partial charge >= 0.3 is 0 Å². The van der Waals surface area contributed by atoms with Crippen molar-refractivity contribution in [2.24, 2.45) is 0 Å². The molecule has 0 saturated carbocycles. The number of rotatable bonds is 5. The van der Waals surface area contributed by atoms with Crippen LogP contribution in [0.2, 0.25) is 0 Å². The average Bonchev–Trinajstić information content (AvgIpc) is 2.64. The Balaban J connectivity index is 1.94. The van der Waals surface area contributed by atoms with E-state index in [1.54, 1.807) is 0 Å². The second-order valence-corrected chi connectivity index (χ2v) is 8.30. The summed E-state index contributed by atoms with van der Waals surface area (Å²) in [5.74, 6) is 0. The summed E-state index contributed by atoms with van der Waals surface area (Å²) in [7, 11) is 4.18. The first-order chi connectivity index (χ1) is 12.5. The van der Waals surface area contributed by atoms with Gasteiger partial charge in [0, 0.05) is 15.5 Å². The van der Waals surface area contributed by atoms with E-state index in [-0.39, 0.29) is 0 Å². The third-order valence-electron chi connectivity index (χ3n) is 4.19. The number of likely N-dealkylation sites (N-methyl/N-ethyl adjacent to an activating group) is 1. The summed E-state index contributed by atoms with van der Waals surface area (Å²) in [6, 6.07) is 25.7. The Bertz CT molecular complexity index is 877. The molecular weight excluding hydrogens is 450 g/mol. The highest BCUT2D eigenvalue weighted by Gasteiger charge is 2.06. The van der Waals surface area contributed by atoms with Gasteiger partial charge in [-0.05, 0) is 66.2 Å². The third-order valence-corrected chi connectivity index (χ3v) is 5.25. The monoisotopic (exact) mass is 469 g/mol. The zero-order valence-corrected chi connectivity index (χ0v) is 18.1. The first kappa shape index (κ1) is 19.1. The number of halogens is 2. The molecule has 0 bridgehead atoms. The number of nitrogens with zero attached hydrogens (tertiary/aromatic N) is 1. The normalized spacial score (nSPS) is 11.8. The van der Waals surface area contributed by atoms with Crippen LogP contribution in [0.4, 0.5) is 0 Å². The minimum Gasteiger partial charge on any atom is -0.306 e. The van der Waals surface area contributed by atoms with Crippen LogP contribution in [0.25, 0.3) is 16.7 Å². The largest absolute Gasteiger partial charge is 0.306 e. The molecule has 0 unspecified atom stereocenters. The van der Waals surface area contributed by atoms with Crippen LogP contribution in [0, 0.1) is 0 Å². The van der Waals surface area contributed by atoms with E-state index in [4.69, 9.17) is 0 Å². The maximum atomic E-state index is 3.52. The second-order valence-electron chi connectivity index (χ2n) is 6.47. The fourth-order valence-corrected chi connectivity index (χ4v) is 3.32. The van der Waals surface area contributed by atoms with Gasteiger partial charge in [-0.1, -0.05) is 86.5 Å². The fraction of sp³-hybridized carbons (Fsp3) is 0.130. The molecule has 3 aromatic rings. The van der Waals surface area contributed by atoms with Crippen LogP contribution in [0.15, 0.2) is 87.8 Å². The minimum atomic E-state index is 0.903. The van der Waals surface area contributed by atoms with Gasteiger partial charge in [-0.3, -0.25) is 0 Å². The van der Waals surface area contributed by atoms with E-state index in [0.717, 1.165) is 15.5 Å². The molecular formula is C23H21Br2N. The van der Waals surface area contributed by atoms with Crippen molar-refractivity contribution in [3.8, 4) is 11.1 Å². The lowest BCUT2D eigenvalue weighted by atomic mass is 9.95. The van der Waals surface area contributed by atoms with Gasteiger partial charge in [-0.15, -0.1) is 0 Å². The highest BCUT2D eigenvalue weighted by molar-refractivity contribution is 9.10. The first-order valence-electron chi connectivity index (χ1n) is 8.50. The summed E-state index contributed by atoms with van der Waals surface area (Å²) in [6.45, 7) is 0.903. The molecule has 0 aliphatic rings. The first-order valence-corrected chi connectivity index (χ1v) is 10.1. The highest BCUT2D eigenvalue weighted by Crippen LogP contribution is 2.28. The Morgan fingerprint density at radius 2 is 1.08 bits per heavy atom. The molecule has 3 rings (SSSR count).